The van der Waals surface area contributed by atoms with Gasteiger partial charge in [-0.3, -0.25) is 0 Å². The molecule has 2 aromatic carbocycles. The van der Waals surface area contributed by atoms with E-state index < -0.39 is 5.82 Å². The zero-order chi connectivity index (χ0) is 15.4. The van der Waals surface area contributed by atoms with Gasteiger partial charge in [0.1, 0.15) is 24.0 Å². The summed E-state index contributed by atoms with van der Waals surface area (Å²) in [4.78, 5) is 0. The van der Waals surface area contributed by atoms with Gasteiger partial charge in [-0.05, 0) is 42.8 Å². The van der Waals surface area contributed by atoms with Crippen molar-refractivity contribution in [2.45, 2.75) is 13.5 Å². The summed E-state index contributed by atoms with van der Waals surface area (Å²) in [6.45, 7) is 1.80. The number of aryl methyl sites for hydroxylation is 1. The minimum atomic E-state index is -0.502. The molecule has 0 bridgehead atoms. The molecule has 2 rings (SSSR count). The van der Waals surface area contributed by atoms with Crippen molar-refractivity contribution in [2.75, 3.05) is 0 Å². The Labute approximate surface area is 120 Å². The van der Waals surface area contributed by atoms with Crippen LogP contribution in [0.15, 0.2) is 41.6 Å². The molecular weight excluding hydrogens is 278 g/mol. The number of nitrogens with two attached hydrogens (primary N) is 1. The minimum absolute atomic E-state index is 0.0817. The number of rotatable bonds is 4. The maximum Gasteiger partial charge on any atom is 0.170 e. The van der Waals surface area contributed by atoms with E-state index in [1.54, 1.807) is 6.92 Å². The van der Waals surface area contributed by atoms with E-state index in [2.05, 4.69) is 5.16 Å². The van der Waals surface area contributed by atoms with Crippen molar-refractivity contribution in [3.8, 4) is 5.75 Å². The molecule has 0 radical (unpaired) electrons. The number of ether oxygens (including phenoxy) is 1. The van der Waals surface area contributed by atoms with Crippen LogP contribution in [-0.2, 0) is 6.61 Å². The highest BCUT2D eigenvalue weighted by Crippen LogP contribution is 2.21. The van der Waals surface area contributed by atoms with E-state index >= 15 is 0 Å². The monoisotopic (exact) mass is 292 g/mol. The Morgan fingerprint density at radius 1 is 1.19 bits per heavy atom. The summed E-state index contributed by atoms with van der Waals surface area (Å²) in [5, 5.41) is 11.6. The average Bonchev–Trinajstić information content (AvgIpc) is 2.46. The molecule has 21 heavy (non-hydrogen) atoms. The summed E-state index contributed by atoms with van der Waals surface area (Å²) in [6, 6.07) is 8.05. The zero-order valence-corrected chi connectivity index (χ0v) is 11.3. The molecule has 0 atom stereocenters. The van der Waals surface area contributed by atoms with Crippen LogP contribution in [0.3, 0.4) is 0 Å². The predicted octanol–water partition coefficient (Wildman–Crippen LogP) is 2.95. The summed E-state index contributed by atoms with van der Waals surface area (Å²) >= 11 is 0. The van der Waals surface area contributed by atoms with E-state index in [0.717, 1.165) is 6.07 Å². The summed E-state index contributed by atoms with van der Waals surface area (Å²) in [5.74, 6) is -0.549. The van der Waals surface area contributed by atoms with Crippen molar-refractivity contribution in [2.24, 2.45) is 10.9 Å². The molecule has 0 saturated carbocycles. The lowest BCUT2D eigenvalue weighted by molar-refractivity contribution is 0.302. The van der Waals surface area contributed by atoms with E-state index in [0.29, 0.717) is 16.9 Å². The van der Waals surface area contributed by atoms with Crippen molar-refractivity contribution in [3.63, 3.8) is 0 Å². The predicted molar refractivity (Wildman–Crippen MR) is 74.4 cm³/mol. The van der Waals surface area contributed by atoms with Gasteiger partial charge in [-0.1, -0.05) is 11.2 Å². The molecule has 2 aromatic rings. The highest BCUT2D eigenvalue weighted by molar-refractivity contribution is 5.98. The second kappa shape index (κ2) is 6.21. The average molecular weight is 292 g/mol. The molecule has 0 aromatic heterocycles. The molecule has 3 N–H and O–H groups in total. The van der Waals surface area contributed by atoms with Crippen molar-refractivity contribution >= 4 is 5.84 Å². The van der Waals surface area contributed by atoms with Gasteiger partial charge < -0.3 is 15.7 Å². The van der Waals surface area contributed by atoms with Crippen LogP contribution >= 0.6 is 0 Å². The number of hydrogen-bond donors (Lipinski definition) is 2. The van der Waals surface area contributed by atoms with Gasteiger partial charge in [0.25, 0.3) is 0 Å². The fourth-order valence-corrected chi connectivity index (χ4v) is 1.90. The van der Waals surface area contributed by atoms with Crippen LogP contribution < -0.4 is 10.5 Å². The fourth-order valence-electron chi connectivity index (χ4n) is 1.90. The van der Waals surface area contributed by atoms with Gasteiger partial charge in [0.2, 0.25) is 0 Å². The Kier molecular flexibility index (Phi) is 4.37. The zero-order valence-electron chi connectivity index (χ0n) is 11.3. The highest BCUT2D eigenvalue weighted by atomic mass is 19.1. The lowest BCUT2D eigenvalue weighted by atomic mass is 10.1. The maximum absolute atomic E-state index is 13.2. The van der Waals surface area contributed by atoms with Gasteiger partial charge in [-0.25, -0.2) is 8.78 Å². The first-order chi connectivity index (χ1) is 10.0. The number of amidine groups is 1. The topological polar surface area (TPSA) is 67.8 Å². The van der Waals surface area contributed by atoms with Crippen molar-refractivity contribution in [1.82, 2.24) is 0 Å². The van der Waals surface area contributed by atoms with E-state index in [1.807, 2.05) is 0 Å². The van der Waals surface area contributed by atoms with Gasteiger partial charge >= 0.3 is 0 Å². The van der Waals surface area contributed by atoms with Crippen LogP contribution in [0, 0.1) is 18.6 Å². The molecule has 4 nitrogen and oxygen atoms in total. The third-order valence-electron chi connectivity index (χ3n) is 2.98. The highest BCUT2D eigenvalue weighted by Gasteiger charge is 2.10. The lowest BCUT2D eigenvalue weighted by Gasteiger charge is -2.12. The summed E-state index contributed by atoms with van der Waals surface area (Å²) in [6.07, 6.45) is 0. The fraction of sp³-hybridized carbons (Fsp3) is 0.133. The minimum Gasteiger partial charge on any atom is -0.489 e. The van der Waals surface area contributed by atoms with E-state index in [9.17, 15) is 8.78 Å². The summed E-state index contributed by atoms with van der Waals surface area (Å²) in [7, 11) is 0. The van der Waals surface area contributed by atoms with Gasteiger partial charge in [0, 0.05) is 11.1 Å². The Bertz CT molecular complexity index is 687. The number of halogens is 2. The molecule has 0 spiro atoms. The van der Waals surface area contributed by atoms with Gasteiger partial charge in [-0.2, -0.15) is 0 Å². The van der Waals surface area contributed by atoms with Gasteiger partial charge in [0.05, 0.1) is 0 Å². The molecule has 0 saturated heterocycles. The van der Waals surface area contributed by atoms with Gasteiger partial charge in [-0.15, -0.1) is 0 Å². The quantitative estimate of drug-likeness (QED) is 0.394. The van der Waals surface area contributed by atoms with Crippen LogP contribution in [0.5, 0.6) is 5.75 Å². The molecule has 0 amide bonds. The normalized spacial score (nSPS) is 11.5. The molecule has 0 aliphatic carbocycles. The van der Waals surface area contributed by atoms with E-state index in [4.69, 9.17) is 15.7 Å². The number of nitrogens with zero attached hydrogens (tertiary/aromatic N) is 1. The van der Waals surface area contributed by atoms with Crippen LogP contribution in [0.25, 0.3) is 0 Å². The number of oxime groups is 1. The largest absolute Gasteiger partial charge is 0.489 e. The van der Waals surface area contributed by atoms with Gasteiger partial charge in [0.15, 0.2) is 5.84 Å². The van der Waals surface area contributed by atoms with E-state index in [-0.39, 0.29) is 23.8 Å². The standard InChI is InChI=1S/C15H14F2N2O2/c1-9-6-11(16)4-5-14(9)21-8-10-2-3-12(17)7-13(10)15(18)19-20/h2-7,20H,8H2,1H3,(H2,18,19). The Hall–Kier alpha value is -2.63. The van der Waals surface area contributed by atoms with Crippen molar-refractivity contribution in [3.05, 3.63) is 64.7 Å². The van der Waals surface area contributed by atoms with Crippen LogP contribution in [-0.4, -0.2) is 11.0 Å². The smallest absolute Gasteiger partial charge is 0.170 e. The second-order valence-electron chi connectivity index (χ2n) is 4.49. The summed E-state index contributed by atoms with van der Waals surface area (Å²) < 4.78 is 31.8. The molecule has 0 heterocycles. The summed E-state index contributed by atoms with van der Waals surface area (Å²) in [5.41, 5.74) is 6.95. The molecule has 0 aliphatic rings. The molecule has 0 aliphatic heterocycles. The van der Waals surface area contributed by atoms with Crippen LogP contribution in [0.2, 0.25) is 0 Å². The number of hydrogen-bond acceptors (Lipinski definition) is 3. The first-order valence-electron chi connectivity index (χ1n) is 6.16. The molecule has 6 heteroatoms. The van der Waals surface area contributed by atoms with Crippen LogP contribution in [0.1, 0.15) is 16.7 Å². The Morgan fingerprint density at radius 2 is 1.86 bits per heavy atom. The second-order valence-corrected chi connectivity index (χ2v) is 4.49. The Morgan fingerprint density at radius 3 is 2.52 bits per heavy atom. The first kappa shape index (κ1) is 14.8. The SMILES string of the molecule is Cc1cc(F)ccc1OCc1ccc(F)cc1/C(N)=N/O. The molecule has 0 fully saturated rings. The molecular formula is C15H14F2N2O2. The molecule has 110 valence electrons. The van der Waals surface area contributed by atoms with Crippen LogP contribution in [0.4, 0.5) is 8.78 Å². The maximum atomic E-state index is 13.2. The molecule has 0 unspecified atom stereocenters. The third-order valence-corrected chi connectivity index (χ3v) is 2.98. The van der Waals surface area contributed by atoms with Crippen molar-refractivity contribution < 1.29 is 18.7 Å². The van der Waals surface area contributed by atoms with Crippen molar-refractivity contribution in [1.29, 1.82) is 0 Å². The first-order valence-corrected chi connectivity index (χ1v) is 6.16. The van der Waals surface area contributed by atoms with E-state index in [1.165, 1.54) is 30.3 Å². The Balaban J connectivity index is 2.24. The lowest BCUT2D eigenvalue weighted by Crippen LogP contribution is -2.17. The number of benzene rings is 2. The third kappa shape index (κ3) is 3.47.